The standard InChI is InChI=1S/C12H13ClN2O.C3H4O3.CH4/c1-12(2,16)11-9(14)6-7-5-8(13)3-4-10(7)15-11;1-2(4)3(5)6;/h3-6,16H,14H2,1-2H3;1H3,(H,5,6);1H4. The quantitative estimate of drug-likeness (QED) is 0.724. The van der Waals surface area contributed by atoms with Crippen molar-refractivity contribution in [2.24, 2.45) is 0 Å². The number of carboxylic acids is 1. The van der Waals surface area contributed by atoms with E-state index >= 15 is 0 Å². The zero-order chi connectivity index (χ0) is 17.1. The van der Waals surface area contributed by atoms with Gasteiger partial charge in [-0.25, -0.2) is 9.78 Å². The van der Waals surface area contributed by atoms with Crippen LogP contribution in [0.15, 0.2) is 24.3 Å². The number of aliphatic carboxylic acids is 1. The lowest BCUT2D eigenvalue weighted by Gasteiger charge is -2.19. The molecular formula is C16H21ClN2O4. The molecule has 2 aromatic rings. The Balaban J connectivity index is 0.000000599. The third-order valence-electron chi connectivity index (χ3n) is 2.69. The van der Waals surface area contributed by atoms with E-state index < -0.39 is 17.4 Å². The SMILES string of the molecule is C.CC(=O)C(=O)O.CC(C)(O)c1nc2ccc(Cl)cc2cc1N. The minimum atomic E-state index is -1.38. The summed E-state index contributed by atoms with van der Waals surface area (Å²) < 4.78 is 0. The first-order chi connectivity index (χ1) is 10.0. The number of nitrogen functional groups attached to an aromatic ring is 1. The van der Waals surface area contributed by atoms with Gasteiger partial charge in [-0.2, -0.15) is 0 Å². The average Bonchev–Trinajstić information content (AvgIpc) is 2.36. The van der Waals surface area contributed by atoms with E-state index in [0.29, 0.717) is 16.4 Å². The third kappa shape index (κ3) is 5.84. The van der Waals surface area contributed by atoms with Crippen LogP contribution in [0, 0.1) is 0 Å². The van der Waals surface area contributed by atoms with Crippen LogP contribution in [0.25, 0.3) is 10.9 Å². The second kappa shape index (κ2) is 7.89. The van der Waals surface area contributed by atoms with Gasteiger partial charge in [-0.1, -0.05) is 19.0 Å². The van der Waals surface area contributed by atoms with Crippen molar-refractivity contribution in [1.29, 1.82) is 0 Å². The molecule has 0 aliphatic carbocycles. The van der Waals surface area contributed by atoms with Gasteiger partial charge in [-0.05, 0) is 38.1 Å². The van der Waals surface area contributed by atoms with Crippen LogP contribution < -0.4 is 5.73 Å². The van der Waals surface area contributed by atoms with Crippen LogP contribution in [0.4, 0.5) is 5.69 Å². The summed E-state index contributed by atoms with van der Waals surface area (Å²) in [5.74, 6) is -2.20. The Kier molecular flexibility index (Phi) is 7.15. The molecule has 4 N–H and O–H groups in total. The van der Waals surface area contributed by atoms with Crippen molar-refractivity contribution in [2.45, 2.75) is 33.8 Å². The number of hydrogen-bond acceptors (Lipinski definition) is 5. The molecule has 0 bridgehead atoms. The number of halogens is 1. The van der Waals surface area contributed by atoms with Gasteiger partial charge < -0.3 is 15.9 Å². The van der Waals surface area contributed by atoms with Gasteiger partial charge in [0.1, 0.15) is 5.60 Å². The van der Waals surface area contributed by atoms with Crippen molar-refractivity contribution < 1.29 is 19.8 Å². The summed E-state index contributed by atoms with van der Waals surface area (Å²) in [6, 6.07) is 7.16. The van der Waals surface area contributed by atoms with E-state index in [1.165, 1.54) is 0 Å². The van der Waals surface area contributed by atoms with Gasteiger partial charge in [0.15, 0.2) is 0 Å². The summed E-state index contributed by atoms with van der Waals surface area (Å²) in [4.78, 5) is 23.2. The van der Waals surface area contributed by atoms with E-state index in [1.807, 2.05) is 6.07 Å². The summed E-state index contributed by atoms with van der Waals surface area (Å²) >= 11 is 5.88. The largest absolute Gasteiger partial charge is 0.476 e. The number of aliphatic hydroxyl groups is 1. The number of Topliss-reactive ketones (excluding diaryl/α,β-unsaturated/α-hetero) is 1. The minimum absolute atomic E-state index is 0. The topological polar surface area (TPSA) is 114 Å². The third-order valence-corrected chi connectivity index (χ3v) is 2.92. The van der Waals surface area contributed by atoms with Crippen LogP contribution in [-0.2, 0) is 15.2 Å². The molecule has 1 aromatic heterocycles. The highest BCUT2D eigenvalue weighted by Crippen LogP contribution is 2.28. The normalized spacial score (nSPS) is 10.3. The first-order valence-electron chi connectivity index (χ1n) is 6.35. The molecule has 0 fully saturated rings. The maximum absolute atomic E-state index is 9.92. The van der Waals surface area contributed by atoms with E-state index in [0.717, 1.165) is 17.8 Å². The molecule has 2 rings (SSSR count). The maximum Gasteiger partial charge on any atom is 0.371 e. The zero-order valence-electron chi connectivity index (χ0n) is 12.4. The molecular weight excluding hydrogens is 320 g/mol. The zero-order valence-corrected chi connectivity index (χ0v) is 13.2. The number of pyridine rings is 1. The number of anilines is 1. The van der Waals surface area contributed by atoms with Crippen LogP contribution in [-0.4, -0.2) is 26.9 Å². The number of carbonyl (C=O) groups is 2. The highest BCUT2D eigenvalue weighted by Gasteiger charge is 2.21. The highest BCUT2D eigenvalue weighted by atomic mass is 35.5. The Bertz CT molecular complexity index is 712. The molecule has 7 heteroatoms. The lowest BCUT2D eigenvalue weighted by Crippen LogP contribution is -2.19. The fourth-order valence-electron chi connectivity index (χ4n) is 1.65. The second-order valence-electron chi connectivity index (χ2n) is 5.18. The summed E-state index contributed by atoms with van der Waals surface area (Å²) in [5, 5.41) is 19.1. The number of ketones is 1. The van der Waals surface area contributed by atoms with Crippen molar-refractivity contribution >= 4 is 39.9 Å². The fraction of sp³-hybridized carbons (Fsp3) is 0.312. The van der Waals surface area contributed by atoms with Gasteiger partial charge in [0.25, 0.3) is 0 Å². The lowest BCUT2D eigenvalue weighted by atomic mass is 10.0. The molecule has 23 heavy (non-hydrogen) atoms. The van der Waals surface area contributed by atoms with Crippen molar-refractivity contribution in [3.05, 3.63) is 35.0 Å². The fourth-order valence-corrected chi connectivity index (χ4v) is 1.83. The van der Waals surface area contributed by atoms with Gasteiger partial charge in [0.2, 0.25) is 5.78 Å². The Hall–Kier alpha value is -2.18. The number of carboxylic acid groups (broad SMARTS) is 1. The molecule has 0 saturated carbocycles. The number of hydrogen-bond donors (Lipinski definition) is 3. The monoisotopic (exact) mass is 340 g/mol. The Morgan fingerprint density at radius 2 is 1.78 bits per heavy atom. The molecule has 0 radical (unpaired) electrons. The van der Waals surface area contributed by atoms with Gasteiger partial charge in [0, 0.05) is 17.3 Å². The molecule has 0 aliphatic rings. The van der Waals surface area contributed by atoms with Crippen LogP contribution in [0.2, 0.25) is 5.02 Å². The van der Waals surface area contributed by atoms with Crippen LogP contribution >= 0.6 is 11.6 Å². The molecule has 0 spiro atoms. The Morgan fingerprint density at radius 1 is 1.26 bits per heavy atom. The number of benzene rings is 1. The first-order valence-corrected chi connectivity index (χ1v) is 6.72. The van der Waals surface area contributed by atoms with E-state index in [2.05, 4.69) is 4.98 Å². The maximum atomic E-state index is 9.92. The highest BCUT2D eigenvalue weighted by molar-refractivity contribution is 6.31. The molecule has 0 saturated heterocycles. The number of nitrogens with zero attached hydrogens (tertiary/aromatic N) is 1. The van der Waals surface area contributed by atoms with Crippen molar-refractivity contribution in [2.75, 3.05) is 5.73 Å². The lowest BCUT2D eigenvalue weighted by molar-refractivity contribution is -0.148. The van der Waals surface area contributed by atoms with Crippen LogP contribution in [0.1, 0.15) is 33.9 Å². The minimum Gasteiger partial charge on any atom is -0.476 e. The Morgan fingerprint density at radius 3 is 2.22 bits per heavy atom. The van der Waals surface area contributed by atoms with Gasteiger partial charge in [-0.3, -0.25) is 4.79 Å². The number of carbonyl (C=O) groups excluding carboxylic acids is 1. The summed E-state index contributed by atoms with van der Waals surface area (Å²) in [6.07, 6.45) is 0. The van der Waals surface area contributed by atoms with E-state index in [9.17, 15) is 14.7 Å². The predicted octanol–water partition coefficient (Wildman–Crippen LogP) is 2.99. The predicted molar refractivity (Wildman–Crippen MR) is 91.5 cm³/mol. The van der Waals surface area contributed by atoms with Gasteiger partial charge >= 0.3 is 5.97 Å². The first kappa shape index (κ1) is 20.8. The second-order valence-corrected chi connectivity index (χ2v) is 5.62. The molecule has 1 heterocycles. The molecule has 0 amide bonds. The van der Waals surface area contributed by atoms with Crippen LogP contribution in [0.5, 0.6) is 0 Å². The molecule has 6 nitrogen and oxygen atoms in total. The van der Waals surface area contributed by atoms with Crippen LogP contribution in [0.3, 0.4) is 0 Å². The number of fused-ring (bicyclic) bond motifs is 1. The van der Waals surface area contributed by atoms with Crippen molar-refractivity contribution in [3.63, 3.8) is 0 Å². The average molecular weight is 341 g/mol. The molecule has 0 unspecified atom stereocenters. The molecule has 0 aliphatic heterocycles. The van der Waals surface area contributed by atoms with Gasteiger partial charge in [-0.15, -0.1) is 0 Å². The van der Waals surface area contributed by atoms with Gasteiger partial charge in [0.05, 0.1) is 16.9 Å². The van der Waals surface area contributed by atoms with E-state index in [-0.39, 0.29) is 7.43 Å². The number of aromatic nitrogens is 1. The number of nitrogens with two attached hydrogens (primary N) is 1. The van der Waals surface area contributed by atoms with Crippen molar-refractivity contribution in [1.82, 2.24) is 4.98 Å². The summed E-state index contributed by atoms with van der Waals surface area (Å²) in [5.41, 5.74) is 6.55. The molecule has 126 valence electrons. The van der Waals surface area contributed by atoms with Crippen molar-refractivity contribution in [3.8, 4) is 0 Å². The summed E-state index contributed by atoms with van der Waals surface area (Å²) in [6.45, 7) is 4.32. The Labute approximate surface area is 139 Å². The molecule has 0 atom stereocenters. The number of rotatable bonds is 2. The van der Waals surface area contributed by atoms with E-state index in [1.54, 1.807) is 32.0 Å². The smallest absolute Gasteiger partial charge is 0.371 e. The molecule has 1 aromatic carbocycles. The summed E-state index contributed by atoms with van der Waals surface area (Å²) in [7, 11) is 0. The van der Waals surface area contributed by atoms with E-state index in [4.69, 9.17) is 22.4 Å².